The summed E-state index contributed by atoms with van der Waals surface area (Å²) in [5.41, 5.74) is 3.97. The van der Waals surface area contributed by atoms with E-state index in [2.05, 4.69) is 15.5 Å². The number of aromatic nitrogens is 3. The van der Waals surface area contributed by atoms with Crippen LogP contribution in [0.5, 0.6) is 5.75 Å². The van der Waals surface area contributed by atoms with Crippen molar-refractivity contribution in [3.8, 4) is 28.3 Å². The molecule has 1 amide bonds. The summed E-state index contributed by atoms with van der Waals surface area (Å²) in [4.78, 5) is 25.3. The molecule has 4 aromatic rings. The molecule has 2 heterocycles. The van der Waals surface area contributed by atoms with Gasteiger partial charge in [0.2, 0.25) is 5.91 Å². The summed E-state index contributed by atoms with van der Waals surface area (Å²) in [7, 11) is 3.19. The van der Waals surface area contributed by atoms with Crippen LogP contribution >= 0.6 is 23.1 Å². The van der Waals surface area contributed by atoms with Crippen molar-refractivity contribution in [2.24, 2.45) is 7.05 Å². The molecule has 4 rings (SSSR count). The largest absolute Gasteiger partial charge is 0.494 e. The van der Waals surface area contributed by atoms with Crippen LogP contribution in [0.2, 0.25) is 0 Å². The Morgan fingerprint density at radius 2 is 1.75 bits per heavy atom. The summed E-state index contributed by atoms with van der Waals surface area (Å²) in [5.74, 6) is 0.833. The van der Waals surface area contributed by atoms with E-state index in [1.807, 2.05) is 79.4 Å². The molecule has 0 radical (unpaired) electrons. The third-order valence-electron chi connectivity index (χ3n) is 5.39. The Morgan fingerprint density at radius 3 is 2.42 bits per heavy atom. The van der Waals surface area contributed by atoms with Crippen molar-refractivity contribution >= 4 is 40.0 Å². The minimum absolute atomic E-state index is 0.105. The van der Waals surface area contributed by atoms with Gasteiger partial charge in [0.25, 0.3) is 0 Å². The normalized spacial score (nSPS) is 10.8. The van der Waals surface area contributed by atoms with Crippen LogP contribution in [-0.4, -0.2) is 46.1 Å². The van der Waals surface area contributed by atoms with E-state index in [1.54, 1.807) is 0 Å². The van der Waals surface area contributed by atoms with Crippen LogP contribution in [0.3, 0.4) is 0 Å². The first kappa shape index (κ1) is 25.5. The summed E-state index contributed by atoms with van der Waals surface area (Å²) < 4.78 is 12.3. The predicted molar refractivity (Wildman–Crippen MR) is 143 cm³/mol. The highest BCUT2D eigenvalue weighted by atomic mass is 32.2. The molecule has 2 aromatic heterocycles. The molecule has 0 aliphatic heterocycles. The van der Waals surface area contributed by atoms with E-state index in [9.17, 15) is 9.59 Å². The molecule has 10 heteroatoms. The first-order valence-electron chi connectivity index (χ1n) is 11.2. The first-order valence-corrected chi connectivity index (χ1v) is 13.1. The molecule has 0 bridgehead atoms. The number of amides is 1. The lowest BCUT2D eigenvalue weighted by Gasteiger charge is -2.08. The number of aryl methyl sites for hydroxylation is 1. The molecular formula is C26H26N4O4S2. The Bertz CT molecular complexity index is 1360. The quantitative estimate of drug-likeness (QED) is 0.231. The van der Waals surface area contributed by atoms with E-state index in [4.69, 9.17) is 9.47 Å². The topological polar surface area (TPSA) is 95.3 Å². The molecule has 0 spiro atoms. The van der Waals surface area contributed by atoms with Gasteiger partial charge in [0, 0.05) is 23.6 Å². The van der Waals surface area contributed by atoms with Crippen LogP contribution in [0.1, 0.15) is 22.8 Å². The van der Waals surface area contributed by atoms with Gasteiger partial charge in [0.15, 0.2) is 11.0 Å². The van der Waals surface area contributed by atoms with Crippen LogP contribution in [0.15, 0.2) is 59.1 Å². The van der Waals surface area contributed by atoms with E-state index in [0.717, 1.165) is 28.0 Å². The lowest BCUT2D eigenvalue weighted by Crippen LogP contribution is -2.16. The van der Waals surface area contributed by atoms with Gasteiger partial charge in [-0.3, -0.25) is 4.79 Å². The SMILES string of the molecule is CCOc1ccc(-c2nnc(SCC(=O)Nc3scc(-c4ccc(C)cc4)c3C(=O)OC)n2C)cc1. The molecule has 1 N–H and O–H groups in total. The lowest BCUT2D eigenvalue weighted by molar-refractivity contribution is -0.113. The van der Waals surface area contributed by atoms with Crippen LogP contribution in [-0.2, 0) is 16.6 Å². The number of rotatable bonds is 9. The number of thioether (sulfide) groups is 1. The monoisotopic (exact) mass is 522 g/mol. The maximum atomic E-state index is 12.8. The van der Waals surface area contributed by atoms with Gasteiger partial charge < -0.3 is 19.4 Å². The number of carbonyl (C=O) groups is 2. The molecule has 2 aromatic carbocycles. The van der Waals surface area contributed by atoms with Crippen LogP contribution < -0.4 is 10.1 Å². The lowest BCUT2D eigenvalue weighted by atomic mass is 10.0. The second-order valence-electron chi connectivity index (χ2n) is 7.87. The van der Waals surface area contributed by atoms with Crippen molar-refractivity contribution in [1.29, 1.82) is 0 Å². The van der Waals surface area contributed by atoms with Crippen LogP contribution in [0.4, 0.5) is 5.00 Å². The molecular weight excluding hydrogens is 496 g/mol. The molecule has 0 saturated heterocycles. The average Bonchev–Trinajstić information content (AvgIpc) is 3.46. The molecule has 0 fully saturated rings. The molecule has 0 aliphatic rings. The molecule has 0 unspecified atom stereocenters. The number of methoxy groups -OCH3 is 1. The highest BCUT2D eigenvalue weighted by Gasteiger charge is 2.23. The second-order valence-corrected chi connectivity index (χ2v) is 9.69. The number of carbonyl (C=O) groups excluding carboxylic acids is 2. The van der Waals surface area contributed by atoms with Crippen molar-refractivity contribution in [3.05, 3.63) is 65.0 Å². The summed E-state index contributed by atoms with van der Waals surface area (Å²) in [5, 5.41) is 14.3. The summed E-state index contributed by atoms with van der Waals surface area (Å²) in [6.07, 6.45) is 0. The highest BCUT2D eigenvalue weighted by molar-refractivity contribution is 7.99. The van der Waals surface area contributed by atoms with Gasteiger partial charge >= 0.3 is 5.97 Å². The Morgan fingerprint density at radius 1 is 1.06 bits per heavy atom. The zero-order chi connectivity index (χ0) is 25.7. The highest BCUT2D eigenvalue weighted by Crippen LogP contribution is 2.36. The summed E-state index contributed by atoms with van der Waals surface area (Å²) >= 11 is 2.56. The number of hydrogen-bond donors (Lipinski definition) is 1. The molecule has 186 valence electrons. The van der Waals surface area contributed by atoms with Gasteiger partial charge in [0.05, 0.1) is 19.5 Å². The Balaban J connectivity index is 1.45. The predicted octanol–water partition coefficient (Wildman–Crippen LogP) is 5.44. The fraction of sp³-hybridized carbons (Fsp3) is 0.231. The standard InChI is InChI=1S/C26H26N4O4S2/c1-5-34-19-12-10-18(11-13-19)23-28-29-26(30(23)3)36-15-21(31)27-24-22(25(32)33-4)20(14-35-24)17-8-6-16(2)7-9-17/h6-14H,5,15H2,1-4H3,(H,27,31). The van der Waals surface area contributed by atoms with Crippen molar-refractivity contribution in [3.63, 3.8) is 0 Å². The van der Waals surface area contributed by atoms with Crippen molar-refractivity contribution in [2.45, 2.75) is 19.0 Å². The number of esters is 1. The van der Waals surface area contributed by atoms with Gasteiger partial charge in [-0.2, -0.15) is 0 Å². The first-order chi connectivity index (χ1) is 17.4. The minimum atomic E-state index is -0.497. The zero-order valence-corrected chi connectivity index (χ0v) is 22.0. The Labute approximate surface area is 217 Å². The second kappa shape index (κ2) is 11.4. The molecule has 0 saturated carbocycles. The number of nitrogens with one attached hydrogen (secondary N) is 1. The fourth-order valence-corrected chi connectivity index (χ4v) is 5.24. The number of thiophene rings is 1. The third-order valence-corrected chi connectivity index (χ3v) is 7.30. The third kappa shape index (κ3) is 5.60. The van der Waals surface area contributed by atoms with E-state index in [1.165, 1.54) is 30.2 Å². The van der Waals surface area contributed by atoms with E-state index in [-0.39, 0.29) is 11.7 Å². The zero-order valence-electron chi connectivity index (χ0n) is 20.4. The number of ether oxygens (including phenoxy) is 2. The number of nitrogens with zero attached hydrogens (tertiary/aromatic N) is 3. The van der Waals surface area contributed by atoms with Crippen molar-refractivity contribution < 1.29 is 19.1 Å². The Kier molecular flexibility index (Phi) is 8.07. The maximum absolute atomic E-state index is 12.8. The molecule has 0 atom stereocenters. The van der Waals surface area contributed by atoms with Crippen LogP contribution in [0.25, 0.3) is 22.5 Å². The Hall–Kier alpha value is -3.63. The smallest absolute Gasteiger partial charge is 0.341 e. The van der Waals surface area contributed by atoms with Gasteiger partial charge in [-0.25, -0.2) is 4.79 Å². The van der Waals surface area contributed by atoms with E-state index in [0.29, 0.717) is 28.2 Å². The van der Waals surface area contributed by atoms with Crippen LogP contribution in [0, 0.1) is 6.92 Å². The van der Waals surface area contributed by atoms with Crippen molar-refractivity contribution in [2.75, 3.05) is 24.8 Å². The van der Waals surface area contributed by atoms with Gasteiger partial charge in [0.1, 0.15) is 16.3 Å². The average molecular weight is 523 g/mol. The molecule has 36 heavy (non-hydrogen) atoms. The summed E-state index contributed by atoms with van der Waals surface area (Å²) in [6.45, 7) is 4.54. The number of anilines is 1. The molecule has 8 nitrogen and oxygen atoms in total. The summed E-state index contributed by atoms with van der Waals surface area (Å²) in [6, 6.07) is 15.5. The minimum Gasteiger partial charge on any atom is -0.494 e. The fourth-order valence-electron chi connectivity index (χ4n) is 3.55. The van der Waals surface area contributed by atoms with Gasteiger partial charge in [-0.1, -0.05) is 41.6 Å². The number of benzene rings is 2. The van der Waals surface area contributed by atoms with E-state index >= 15 is 0 Å². The molecule has 0 aliphatic carbocycles. The van der Waals surface area contributed by atoms with Gasteiger partial charge in [-0.15, -0.1) is 21.5 Å². The maximum Gasteiger partial charge on any atom is 0.341 e. The van der Waals surface area contributed by atoms with E-state index < -0.39 is 5.97 Å². The van der Waals surface area contributed by atoms with Gasteiger partial charge in [-0.05, 0) is 43.7 Å². The number of hydrogen-bond acceptors (Lipinski definition) is 8. The van der Waals surface area contributed by atoms with Crippen molar-refractivity contribution in [1.82, 2.24) is 14.8 Å².